The highest BCUT2D eigenvalue weighted by atomic mass is 16.5. The molecule has 2 amide bonds. The van der Waals surface area contributed by atoms with E-state index < -0.39 is 5.92 Å². The van der Waals surface area contributed by atoms with Crippen LogP contribution < -0.4 is 10.6 Å². The quantitative estimate of drug-likeness (QED) is 0.766. The standard InChI is InChI=1S/C18H21N3O3/c1-2-24-17(22)15(11-14-7-4-3-5-8-14)12-20-18(23)21-16-9-6-10-19-13-16/h3-10,13,15H,2,11-12H2,1H3,(H2,20,21,23). The molecule has 0 radical (unpaired) electrons. The fourth-order valence-corrected chi connectivity index (χ4v) is 2.23. The van der Waals surface area contributed by atoms with Crippen LogP contribution in [0.4, 0.5) is 10.5 Å². The van der Waals surface area contributed by atoms with Crippen molar-refractivity contribution in [1.29, 1.82) is 0 Å². The Morgan fingerprint density at radius 3 is 2.62 bits per heavy atom. The summed E-state index contributed by atoms with van der Waals surface area (Å²) >= 11 is 0. The van der Waals surface area contributed by atoms with Gasteiger partial charge in [-0.1, -0.05) is 30.3 Å². The van der Waals surface area contributed by atoms with Gasteiger partial charge in [-0.05, 0) is 31.0 Å². The Morgan fingerprint density at radius 1 is 1.17 bits per heavy atom. The van der Waals surface area contributed by atoms with Crippen LogP contribution in [0.3, 0.4) is 0 Å². The number of rotatable bonds is 7. The summed E-state index contributed by atoms with van der Waals surface area (Å²) in [4.78, 5) is 28.0. The van der Waals surface area contributed by atoms with Crippen molar-refractivity contribution in [2.75, 3.05) is 18.5 Å². The molecule has 126 valence electrons. The van der Waals surface area contributed by atoms with Gasteiger partial charge in [0.2, 0.25) is 0 Å². The molecule has 2 rings (SSSR count). The molecule has 6 nitrogen and oxygen atoms in total. The number of carbonyl (C=O) groups excluding carboxylic acids is 2. The molecule has 0 fully saturated rings. The van der Waals surface area contributed by atoms with E-state index in [0.29, 0.717) is 18.7 Å². The van der Waals surface area contributed by atoms with E-state index in [9.17, 15) is 9.59 Å². The van der Waals surface area contributed by atoms with E-state index in [0.717, 1.165) is 5.56 Å². The van der Waals surface area contributed by atoms with Crippen molar-refractivity contribution in [3.8, 4) is 0 Å². The molecule has 2 N–H and O–H groups in total. The summed E-state index contributed by atoms with van der Waals surface area (Å²) < 4.78 is 5.11. The molecule has 1 aromatic heterocycles. The molecule has 0 aliphatic rings. The fraction of sp³-hybridized carbons (Fsp3) is 0.278. The smallest absolute Gasteiger partial charge is 0.319 e. The second-order valence-electron chi connectivity index (χ2n) is 5.22. The maximum atomic E-state index is 12.1. The van der Waals surface area contributed by atoms with Gasteiger partial charge in [-0.15, -0.1) is 0 Å². The van der Waals surface area contributed by atoms with Crippen LogP contribution in [0, 0.1) is 5.92 Å². The number of amides is 2. The van der Waals surface area contributed by atoms with Crippen LogP contribution in [-0.4, -0.2) is 30.1 Å². The first-order valence-corrected chi connectivity index (χ1v) is 7.84. The van der Waals surface area contributed by atoms with Crippen LogP contribution >= 0.6 is 0 Å². The lowest BCUT2D eigenvalue weighted by atomic mass is 9.99. The van der Waals surface area contributed by atoms with Gasteiger partial charge in [0.05, 0.1) is 24.4 Å². The molecule has 6 heteroatoms. The molecule has 1 unspecified atom stereocenters. The van der Waals surface area contributed by atoms with Crippen LogP contribution in [0.1, 0.15) is 12.5 Å². The van der Waals surface area contributed by atoms with Gasteiger partial charge in [-0.3, -0.25) is 9.78 Å². The van der Waals surface area contributed by atoms with Crippen LogP contribution in [-0.2, 0) is 16.0 Å². The fourth-order valence-electron chi connectivity index (χ4n) is 2.23. The first-order valence-electron chi connectivity index (χ1n) is 7.84. The molecule has 0 aliphatic carbocycles. The van der Waals surface area contributed by atoms with Crippen molar-refractivity contribution in [2.24, 2.45) is 5.92 Å². The minimum atomic E-state index is -0.438. The average molecular weight is 327 g/mol. The van der Waals surface area contributed by atoms with Crippen LogP contribution in [0.5, 0.6) is 0 Å². The van der Waals surface area contributed by atoms with Gasteiger partial charge < -0.3 is 15.4 Å². The summed E-state index contributed by atoms with van der Waals surface area (Å²) in [5.74, 6) is -0.755. The molecule has 24 heavy (non-hydrogen) atoms. The number of carbonyl (C=O) groups is 2. The highest BCUT2D eigenvalue weighted by Crippen LogP contribution is 2.10. The molecule has 0 saturated heterocycles. The summed E-state index contributed by atoms with van der Waals surface area (Å²) in [6.07, 6.45) is 3.68. The molecular formula is C18H21N3O3. The van der Waals surface area contributed by atoms with E-state index in [4.69, 9.17) is 4.74 Å². The topological polar surface area (TPSA) is 80.3 Å². The molecule has 0 aliphatic heterocycles. The number of nitrogens with zero attached hydrogens (tertiary/aromatic N) is 1. The van der Waals surface area contributed by atoms with Crippen molar-refractivity contribution >= 4 is 17.7 Å². The van der Waals surface area contributed by atoms with Crippen LogP contribution in [0.25, 0.3) is 0 Å². The maximum Gasteiger partial charge on any atom is 0.319 e. The minimum Gasteiger partial charge on any atom is -0.466 e. The van der Waals surface area contributed by atoms with E-state index in [1.54, 1.807) is 31.5 Å². The zero-order chi connectivity index (χ0) is 17.2. The third-order valence-corrected chi connectivity index (χ3v) is 3.37. The maximum absolute atomic E-state index is 12.1. The van der Waals surface area contributed by atoms with Crippen LogP contribution in [0.15, 0.2) is 54.9 Å². The lowest BCUT2D eigenvalue weighted by Crippen LogP contribution is -2.37. The van der Waals surface area contributed by atoms with E-state index >= 15 is 0 Å². The van der Waals surface area contributed by atoms with E-state index in [-0.39, 0.29) is 18.5 Å². The number of hydrogen-bond acceptors (Lipinski definition) is 4. The van der Waals surface area contributed by atoms with Gasteiger partial charge in [0.25, 0.3) is 0 Å². The van der Waals surface area contributed by atoms with Crippen molar-refractivity contribution < 1.29 is 14.3 Å². The summed E-state index contributed by atoms with van der Waals surface area (Å²) in [7, 11) is 0. The minimum absolute atomic E-state index is 0.194. The number of aromatic nitrogens is 1. The summed E-state index contributed by atoms with van der Waals surface area (Å²) in [5, 5.41) is 5.38. The first-order chi connectivity index (χ1) is 11.7. The van der Waals surface area contributed by atoms with Gasteiger partial charge in [0.15, 0.2) is 0 Å². The first kappa shape index (κ1) is 17.5. The number of esters is 1. The molecule has 0 bridgehead atoms. The summed E-state index contributed by atoms with van der Waals surface area (Å²) in [5.41, 5.74) is 1.61. The Kier molecular flexibility index (Phi) is 6.76. The van der Waals surface area contributed by atoms with E-state index in [1.165, 1.54) is 0 Å². The zero-order valence-corrected chi connectivity index (χ0v) is 13.6. The summed E-state index contributed by atoms with van der Waals surface area (Å²) in [6, 6.07) is 12.7. The number of ether oxygens (including phenoxy) is 1. The third kappa shape index (κ3) is 5.72. The van der Waals surface area contributed by atoms with Gasteiger partial charge in [0, 0.05) is 12.7 Å². The van der Waals surface area contributed by atoms with Crippen molar-refractivity contribution in [3.63, 3.8) is 0 Å². The molecular weight excluding hydrogens is 306 g/mol. The molecule has 1 heterocycles. The summed E-state index contributed by atoms with van der Waals surface area (Å²) in [6.45, 7) is 2.27. The van der Waals surface area contributed by atoms with Crippen LogP contribution in [0.2, 0.25) is 0 Å². The molecule has 0 saturated carbocycles. The van der Waals surface area contributed by atoms with Gasteiger partial charge in [-0.2, -0.15) is 0 Å². The lowest BCUT2D eigenvalue weighted by Gasteiger charge is -2.16. The van der Waals surface area contributed by atoms with E-state index in [2.05, 4.69) is 15.6 Å². The van der Waals surface area contributed by atoms with Gasteiger partial charge >= 0.3 is 12.0 Å². The van der Waals surface area contributed by atoms with Crippen molar-refractivity contribution in [3.05, 3.63) is 60.4 Å². The second-order valence-corrected chi connectivity index (χ2v) is 5.22. The number of benzene rings is 1. The normalized spacial score (nSPS) is 11.4. The Labute approximate surface area is 141 Å². The SMILES string of the molecule is CCOC(=O)C(CNC(=O)Nc1cccnc1)Cc1ccccc1. The highest BCUT2D eigenvalue weighted by molar-refractivity contribution is 5.89. The van der Waals surface area contributed by atoms with Gasteiger partial charge in [0.1, 0.15) is 0 Å². The zero-order valence-electron chi connectivity index (χ0n) is 13.6. The lowest BCUT2D eigenvalue weighted by molar-refractivity contribution is -0.147. The van der Waals surface area contributed by atoms with Crippen molar-refractivity contribution in [2.45, 2.75) is 13.3 Å². The number of hydrogen-bond donors (Lipinski definition) is 2. The second kappa shape index (κ2) is 9.29. The average Bonchev–Trinajstić information content (AvgIpc) is 2.60. The number of anilines is 1. The largest absolute Gasteiger partial charge is 0.466 e. The number of urea groups is 1. The molecule has 2 aromatic rings. The highest BCUT2D eigenvalue weighted by Gasteiger charge is 2.21. The molecule has 0 spiro atoms. The Bertz CT molecular complexity index is 647. The predicted molar refractivity (Wildman–Crippen MR) is 91.5 cm³/mol. The Morgan fingerprint density at radius 2 is 1.96 bits per heavy atom. The van der Waals surface area contributed by atoms with E-state index in [1.807, 2.05) is 30.3 Å². The number of nitrogens with one attached hydrogen (secondary N) is 2. The van der Waals surface area contributed by atoms with Crippen molar-refractivity contribution in [1.82, 2.24) is 10.3 Å². The third-order valence-electron chi connectivity index (χ3n) is 3.37. The Balaban J connectivity index is 1.92. The molecule has 1 atom stereocenters. The molecule has 1 aromatic carbocycles. The van der Waals surface area contributed by atoms with Gasteiger partial charge in [-0.25, -0.2) is 4.79 Å². The number of pyridine rings is 1. The predicted octanol–water partition coefficient (Wildman–Crippen LogP) is 2.63. The Hall–Kier alpha value is -2.89. The monoisotopic (exact) mass is 327 g/mol.